The molecule has 0 bridgehead atoms. The molecule has 1 amide bonds. The van der Waals surface area contributed by atoms with Gasteiger partial charge < -0.3 is 9.42 Å². The van der Waals surface area contributed by atoms with E-state index < -0.39 is 0 Å². The molecule has 0 spiro atoms. The lowest BCUT2D eigenvalue weighted by Crippen LogP contribution is -2.35. The van der Waals surface area contributed by atoms with E-state index in [1.807, 2.05) is 47.4 Å². The van der Waals surface area contributed by atoms with Crippen molar-refractivity contribution in [2.45, 2.75) is 19.8 Å². The van der Waals surface area contributed by atoms with Crippen molar-refractivity contribution in [1.29, 1.82) is 0 Å². The van der Waals surface area contributed by atoms with Gasteiger partial charge >= 0.3 is 0 Å². The van der Waals surface area contributed by atoms with Crippen LogP contribution in [0.5, 0.6) is 0 Å². The van der Waals surface area contributed by atoms with Gasteiger partial charge in [0.05, 0.1) is 0 Å². The molecule has 2 heterocycles. The Morgan fingerprint density at radius 2 is 1.96 bits per heavy atom. The van der Waals surface area contributed by atoms with Crippen molar-refractivity contribution < 1.29 is 9.32 Å². The Morgan fingerprint density at radius 3 is 2.79 bits per heavy atom. The van der Waals surface area contributed by atoms with Crippen LogP contribution in [0.15, 0.2) is 59.1 Å². The lowest BCUT2D eigenvalue weighted by molar-refractivity contribution is 0.0976. The van der Waals surface area contributed by atoms with Gasteiger partial charge in [-0.3, -0.25) is 4.79 Å². The van der Waals surface area contributed by atoms with Crippen LogP contribution in [0.25, 0.3) is 11.3 Å². The second-order valence-electron chi connectivity index (χ2n) is 6.13. The molecule has 0 aliphatic carbocycles. The summed E-state index contributed by atoms with van der Waals surface area (Å²) in [6, 6.07) is 17.6. The average Bonchev–Trinajstić information content (AvgIpc) is 3.11. The quantitative estimate of drug-likeness (QED) is 0.710. The van der Waals surface area contributed by atoms with Gasteiger partial charge in [-0.05, 0) is 31.4 Å². The molecule has 24 heavy (non-hydrogen) atoms. The second kappa shape index (κ2) is 5.96. The zero-order valence-corrected chi connectivity index (χ0v) is 13.5. The molecular weight excluding hydrogens is 300 g/mol. The summed E-state index contributed by atoms with van der Waals surface area (Å²) in [7, 11) is 0. The predicted molar refractivity (Wildman–Crippen MR) is 93.1 cm³/mol. The van der Waals surface area contributed by atoms with Crippen LogP contribution in [0.3, 0.4) is 0 Å². The largest absolute Gasteiger partial charge is 0.355 e. The molecule has 120 valence electrons. The molecule has 2 aromatic carbocycles. The number of hydrogen-bond donors (Lipinski definition) is 0. The fourth-order valence-corrected chi connectivity index (χ4v) is 3.19. The molecule has 0 N–H and O–H groups in total. The summed E-state index contributed by atoms with van der Waals surface area (Å²) in [4.78, 5) is 14.7. The fraction of sp³-hybridized carbons (Fsp3) is 0.200. The molecule has 0 fully saturated rings. The molecule has 0 unspecified atom stereocenters. The van der Waals surface area contributed by atoms with Crippen molar-refractivity contribution in [3.05, 3.63) is 71.4 Å². The van der Waals surface area contributed by atoms with Crippen molar-refractivity contribution in [2.24, 2.45) is 0 Å². The number of carbonyl (C=O) groups excluding carboxylic acids is 1. The highest BCUT2D eigenvalue weighted by Gasteiger charge is 2.26. The van der Waals surface area contributed by atoms with Gasteiger partial charge in [-0.2, -0.15) is 0 Å². The molecule has 0 saturated carbocycles. The van der Waals surface area contributed by atoms with Gasteiger partial charge in [-0.15, -0.1) is 0 Å². The van der Waals surface area contributed by atoms with Crippen molar-refractivity contribution in [1.82, 2.24) is 5.16 Å². The number of hydrogen-bond acceptors (Lipinski definition) is 3. The first-order valence-corrected chi connectivity index (χ1v) is 8.16. The normalized spacial score (nSPS) is 13.6. The van der Waals surface area contributed by atoms with Crippen molar-refractivity contribution in [3.8, 4) is 11.3 Å². The summed E-state index contributed by atoms with van der Waals surface area (Å²) in [6.07, 6.45) is 1.97. The SMILES string of the molecule is Cc1ccc2c(c1)CCCN2C(=O)c1cc(-c2ccccc2)on1. The third-order valence-electron chi connectivity index (χ3n) is 4.39. The van der Waals surface area contributed by atoms with Crippen LogP contribution < -0.4 is 4.90 Å². The molecule has 1 aromatic heterocycles. The number of rotatable bonds is 2. The second-order valence-corrected chi connectivity index (χ2v) is 6.13. The zero-order chi connectivity index (χ0) is 16.5. The van der Waals surface area contributed by atoms with E-state index in [0.29, 0.717) is 18.0 Å². The number of aryl methyl sites for hydroxylation is 2. The molecular formula is C20H18N2O2. The average molecular weight is 318 g/mol. The van der Waals surface area contributed by atoms with Gasteiger partial charge in [-0.25, -0.2) is 0 Å². The van der Waals surface area contributed by atoms with Crippen LogP contribution in [0.2, 0.25) is 0 Å². The smallest absolute Gasteiger partial charge is 0.280 e. The minimum atomic E-state index is -0.106. The molecule has 0 atom stereocenters. The molecule has 4 heteroatoms. The number of amides is 1. The molecule has 4 nitrogen and oxygen atoms in total. The Morgan fingerprint density at radius 1 is 1.12 bits per heavy atom. The van der Waals surface area contributed by atoms with E-state index in [-0.39, 0.29) is 5.91 Å². The van der Waals surface area contributed by atoms with Crippen LogP contribution in [-0.2, 0) is 6.42 Å². The summed E-state index contributed by atoms with van der Waals surface area (Å²) in [5, 5.41) is 3.99. The van der Waals surface area contributed by atoms with E-state index in [1.165, 1.54) is 11.1 Å². The fourth-order valence-electron chi connectivity index (χ4n) is 3.19. The van der Waals surface area contributed by atoms with Crippen LogP contribution in [0.4, 0.5) is 5.69 Å². The summed E-state index contributed by atoms with van der Waals surface area (Å²) in [6.45, 7) is 2.78. The first-order chi connectivity index (χ1) is 11.7. The first-order valence-electron chi connectivity index (χ1n) is 8.16. The van der Waals surface area contributed by atoms with Gasteiger partial charge in [-0.1, -0.05) is 53.2 Å². The van der Waals surface area contributed by atoms with Crippen LogP contribution in [0, 0.1) is 6.92 Å². The Bertz CT molecular complexity index is 884. The summed E-state index contributed by atoms with van der Waals surface area (Å²) in [5.41, 5.74) is 4.69. The minimum Gasteiger partial charge on any atom is -0.355 e. The molecule has 3 aromatic rings. The highest BCUT2D eigenvalue weighted by molar-refractivity contribution is 6.05. The summed E-state index contributed by atoms with van der Waals surface area (Å²) in [5.74, 6) is 0.505. The maximum absolute atomic E-state index is 12.9. The Kier molecular flexibility index (Phi) is 3.65. The monoisotopic (exact) mass is 318 g/mol. The number of aromatic nitrogens is 1. The van der Waals surface area contributed by atoms with Crippen LogP contribution >= 0.6 is 0 Å². The first kappa shape index (κ1) is 14.7. The zero-order valence-electron chi connectivity index (χ0n) is 13.5. The minimum absolute atomic E-state index is 0.106. The molecule has 1 aliphatic rings. The highest BCUT2D eigenvalue weighted by Crippen LogP contribution is 2.30. The van der Waals surface area contributed by atoms with E-state index in [9.17, 15) is 4.79 Å². The van der Waals surface area contributed by atoms with Gasteiger partial charge in [0.1, 0.15) is 0 Å². The molecule has 0 radical (unpaired) electrons. The van der Waals surface area contributed by atoms with Gasteiger partial charge in [0.2, 0.25) is 0 Å². The molecule has 1 aliphatic heterocycles. The third-order valence-corrected chi connectivity index (χ3v) is 4.39. The van der Waals surface area contributed by atoms with Gasteiger partial charge in [0.15, 0.2) is 11.5 Å². The maximum Gasteiger partial charge on any atom is 0.280 e. The van der Waals surface area contributed by atoms with E-state index in [0.717, 1.165) is 24.1 Å². The van der Waals surface area contributed by atoms with Gasteiger partial charge in [0.25, 0.3) is 5.91 Å². The van der Waals surface area contributed by atoms with Crippen molar-refractivity contribution in [3.63, 3.8) is 0 Å². The standard InChI is InChI=1S/C20H18N2O2/c1-14-9-10-18-16(12-14)8-5-11-22(18)20(23)17-13-19(24-21-17)15-6-3-2-4-7-15/h2-4,6-7,9-10,12-13H,5,8,11H2,1H3. The summed E-state index contributed by atoms with van der Waals surface area (Å²) < 4.78 is 5.37. The van der Waals surface area contributed by atoms with E-state index in [4.69, 9.17) is 4.52 Å². The Balaban J connectivity index is 1.65. The number of nitrogens with zero attached hydrogens (tertiary/aromatic N) is 2. The van der Waals surface area contributed by atoms with Crippen LogP contribution in [0.1, 0.15) is 28.0 Å². The topological polar surface area (TPSA) is 46.3 Å². The lowest BCUT2D eigenvalue weighted by atomic mass is 9.99. The number of anilines is 1. The van der Waals surface area contributed by atoms with E-state index in [1.54, 1.807) is 6.07 Å². The third kappa shape index (κ3) is 2.60. The number of fused-ring (bicyclic) bond motifs is 1. The van der Waals surface area contributed by atoms with Gasteiger partial charge in [0, 0.05) is 23.9 Å². The van der Waals surface area contributed by atoms with E-state index in [2.05, 4.69) is 18.1 Å². The van der Waals surface area contributed by atoms with Crippen molar-refractivity contribution in [2.75, 3.05) is 11.4 Å². The number of carbonyl (C=O) groups is 1. The lowest BCUT2D eigenvalue weighted by Gasteiger charge is -2.29. The van der Waals surface area contributed by atoms with Crippen molar-refractivity contribution >= 4 is 11.6 Å². The molecule has 0 saturated heterocycles. The highest BCUT2D eigenvalue weighted by atomic mass is 16.5. The van der Waals surface area contributed by atoms with E-state index >= 15 is 0 Å². The Labute approximate surface area is 140 Å². The maximum atomic E-state index is 12.9. The predicted octanol–water partition coefficient (Wildman–Crippen LogP) is 4.24. The van der Waals surface area contributed by atoms with Crippen LogP contribution in [-0.4, -0.2) is 17.6 Å². The Hall–Kier alpha value is -2.88. The molecule has 4 rings (SSSR count). The number of benzene rings is 2. The summed E-state index contributed by atoms with van der Waals surface area (Å²) >= 11 is 0.